The molecule has 2 rings (SSSR count). The number of aryl methyl sites for hydroxylation is 2. The first-order chi connectivity index (χ1) is 9.65. The fourth-order valence-electron chi connectivity index (χ4n) is 2.35. The summed E-state index contributed by atoms with van der Waals surface area (Å²) in [6.07, 6.45) is 3.29. The van der Waals surface area contributed by atoms with Crippen LogP contribution >= 0.6 is 0 Å². The molecule has 1 heterocycles. The van der Waals surface area contributed by atoms with E-state index in [4.69, 9.17) is 0 Å². The fourth-order valence-corrected chi connectivity index (χ4v) is 2.35. The molecule has 2 amide bonds. The van der Waals surface area contributed by atoms with Gasteiger partial charge < -0.3 is 10.2 Å². The summed E-state index contributed by atoms with van der Waals surface area (Å²) in [6, 6.07) is 8.17. The number of nitrogens with zero attached hydrogens (tertiary/aromatic N) is 1. The molecule has 108 valence electrons. The van der Waals surface area contributed by atoms with Crippen LogP contribution in [0.25, 0.3) is 0 Å². The van der Waals surface area contributed by atoms with E-state index in [1.807, 2.05) is 36.1 Å². The summed E-state index contributed by atoms with van der Waals surface area (Å²) < 4.78 is 0. The minimum atomic E-state index is -0.0573. The van der Waals surface area contributed by atoms with Gasteiger partial charge in [-0.25, -0.2) is 0 Å². The molecule has 1 fully saturated rings. The van der Waals surface area contributed by atoms with E-state index >= 15 is 0 Å². The number of rotatable bonds is 5. The smallest absolute Gasteiger partial charge is 0.241 e. The Balaban J connectivity index is 1.67. The van der Waals surface area contributed by atoms with Crippen LogP contribution in [0.15, 0.2) is 24.3 Å². The van der Waals surface area contributed by atoms with E-state index < -0.39 is 0 Å². The van der Waals surface area contributed by atoms with E-state index in [0.29, 0.717) is 12.8 Å². The minimum Gasteiger partial charge on any atom is -0.347 e. The molecule has 1 aliphatic rings. The summed E-state index contributed by atoms with van der Waals surface area (Å²) in [7, 11) is 0. The van der Waals surface area contributed by atoms with E-state index in [0.717, 1.165) is 31.5 Å². The first-order valence-electron chi connectivity index (χ1n) is 7.25. The lowest BCUT2D eigenvalue weighted by molar-refractivity contribution is -0.132. The molecule has 4 nitrogen and oxygen atoms in total. The highest BCUT2D eigenvalue weighted by Crippen LogP contribution is 2.07. The van der Waals surface area contributed by atoms with Gasteiger partial charge in [0.2, 0.25) is 11.8 Å². The lowest BCUT2D eigenvalue weighted by Gasteiger charge is -2.15. The Morgan fingerprint density at radius 1 is 1.15 bits per heavy atom. The molecule has 0 aromatic heterocycles. The quantitative estimate of drug-likeness (QED) is 0.888. The molecular formula is C16H22N2O2. The largest absolute Gasteiger partial charge is 0.347 e. The van der Waals surface area contributed by atoms with Gasteiger partial charge in [-0.1, -0.05) is 29.8 Å². The maximum Gasteiger partial charge on any atom is 0.241 e. The van der Waals surface area contributed by atoms with Crippen LogP contribution in [-0.4, -0.2) is 36.3 Å². The van der Waals surface area contributed by atoms with Crippen LogP contribution in [0.1, 0.15) is 30.4 Å². The molecule has 0 saturated carbocycles. The van der Waals surface area contributed by atoms with Gasteiger partial charge in [-0.05, 0) is 31.7 Å². The molecule has 1 aliphatic heterocycles. The molecule has 1 aromatic carbocycles. The Morgan fingerprint density at radius 2 is 1.80 bits per heavy atom. The average Bonchev–Trinajstić information content (AvgIpc) is 2.98. The van der Waals surface area contributed by atoms with Crippen LogP contribution in [-0.2, 0) is 16.0 Å². The minimum absolute atomic E-state index is 0.0335. The van der Waals surface area contributed by atoms with Crippen molar-refractivity contribution in [2.75, 3.05) is 19.6 Å². The van der Waals surface area contributed by atoms with Crippen molar-refractivity contribution in [1.82, 2.24) is 10.2 Å². The summed E-state index contributed by atoms with van der Waals surface area (Å²) in [5.41, 5.74) is 2.37. The number of hydrogen-bond acceptors (Lipinski definition) is 2. The maximum atomic E-state index is 11.8. The van der Waals surface area contributed by atoms with Crippen molar-refractivity contribution in [3.8, 4) is 0 Å². The van der Waals surface area contributed by atoms with E-state index in [9.17, 15) is 9.59 Å². The number of hydrogen-bond donors (Lipinski definition) is 1. The first kappa shape index (κ1) is 14.6. The van der Waals surface area contributed by atoms with Gasteiger partial charge in [0, 0.05) is 19.5 Å². The number of nitrogens with one attached hydrogen (secondary N) is 1. The highest BCUT2D eigenvalue weighted by molar-refractivity contribution is 5.84. The molecule has 1 aromatic rings. The predicted octanol–water partition coefficient (Wildman–Crippen LogP) is 1.67. The van der Waals surface area contributed by atoms with E-state index in [1.54, 1.807) is 0 Å². The zero-order chi connectivity index (χ0) is 14.4. The molecule has 1 saturated heterocycles. The average molecular weight is 274 g/mol. The van der Waals surface area contributed by atoms with Crippen molar-refractivity contribution < 1.29 is 9.59 Å². The fraction of sp³-hybridized carbons (Fsp3) is 0.500. The van der Waals surface area contributed by atoms with Crippen LogP contribution < -0.4 is 5.32 Å². The zero-order valence-electron chi connectivity index (χ0n) is 12.0. The van der Waals surface area contributed by atoms with Gasteiger partial charge in [-0.3, -0.25) is 9.59 Å². The van der Waals surface area contributed by atoms with Crippen LogP contribution in [0.4, 0.5) is 0 Å². The van der Waals surface area contributed by atoms with Gasteiger partial charge in [-0.15, -0.1) is 0 Å². The lowest BCUT2D eigenvalue weighted by atomic mass is 10.1. The number of benzene rings is 1. The Labute approximate surface area is 120 Å². The van der Waals surface area contributed by atoms with Crippen LogP contribution in [0.2, 0.25) is 0 Å². The molecule has 0 radical (unpaired) electrons. The van der Waals surface area contributed by atoms with E-state index in [2.05, 4.69) is 5.32 Å². The van der Waals surface area contributed by atoms with Crippen LogP contribution in [0.5, 0.6) is 0 Å². The molecule has 4 heteroatoms. The Bertz CT molecular complexity index is 462. The Kier molecular flexibility index (Phi) is 5.16. The molecule has 0 bridgehead atoms. The van der Waals surface area contributed by atoms with Crippen molar-refractivity contribution in [3.63, 3.8) is 0 Å². The van der Waals surface area contributed by atoms with Crippen molar-refractivity contribution >= 4 is 11.8 Å². The third-order valence-corrected chi connectivity index (χ3v) is 3.66. The van der Waals surface area contributed by atoms with Gasteiger partial charge in [0.1, 0.15) is 0 Å². The van der Waals surface area contributed by atoms with Crippen molar-refractivity contribution in [3.05, 3.63) is 35.4 Å². The molecule has 0 atom stereocenters. The molecule has 0 unspecified atom stereocenters. The molecule has 0 spiro atoms. The number of likely N-dealkylation sites (tertiary alicyclic amines) is 1. The number of carbonyl (C=O) groups is 2. The SMILES string of the molecule is Cc1ccc(CCC(=O)NCC(=O)N2CCCC2)cc1. The van der Waals surface area contributed by atoms with Gasteiger partial charge in [0.25, 0.3) is 0 Å². The van der Waals surface area contributed by atoms with E-state index in [-0.39, 0.29) is 18.4 Å². The summed E-state index contributed by atoms with van der Waals surface area (Å²) in [4.78, 5) is 25.3. The molecule has 0 aliphatic carbocycles. The maximum absolute atomic E-state index is 11.8. The lowest BCUT2D eigenvalue weighted by Crippen LogP contribution is -2.38. The summed E-state index contributed by atoms with van der Waals surface area (Å²) in [6.45, 7) is 3.84. The number of carbonyl (C=O) groups excluding carboxylic acids is 2. The van der Waals surface area contributed by atoms with Crippen molar-refractivity contribution in [1.29, 1.82) is 0 Å². The topological polar surface area (TPSA) is 49.4 Å². The zero-order valence-corrected chi connectivity index (χ0v) is 12.0. The third-order valence-electron chi connectivity index (χ3n) is 3.66. The van der Waals surface area contributed by atoms with Crippen molar-refractivity contribution in [2.45, 2.75) is 32.6 Å². The van der Waals surface area contributed by atoms with E-state index in [1.165, 1.54) is 5.56 Å². The Hall–Kier alpha value is -1.84. The second-order valence-corrected chi connectivity index (χ2v) is 5.35. The molecule has 20 heavy (non-hydrogen) atoms. The molecule has 1 N–H and O–H groups in total. The monoisotopic (exact) mass is 274 g/mol. The van der Waals surface area contributed by atoms with Gasteiger partial charge in [0.05, 0.1) is 6.54 Å². The van der Waals surface area contributed by atoms with Gasteiger partial charge >= 0.3 is 0 Å². The predicted molar refractivity (Wildman–Crippen MR) is 78.3 cm³/mol. The number of amides is 2. The normalized spacial score (nSPS) is 14.3. The van der Waals surface area contributed by atoms with Crippen molar-refractivity contribution in [2.24, 2.45) is 0 Å². The summed E-state index contributed by atoms with van der Waals surface area (Å²) >= 11 is 0. The van der Waals surface area contributed by atoms with Crippen LogP contribution in [0.3, 0.4) is 0 Å². The second-order valence-electron chi connectivity index (χ2n) is 5.35. The standard InChI is InChI=1S/C16H22N2O2/c1-13-4-6-14(7-5-13)8-9-15(19)17-12-16(20)18-10-2-3-11-18/h4-7H,2-3,8-12H2,1H3,(H,17,19). The van der Waals surface area contributed by atoms with Crippen LogP contribution in [0, 0.1) is 6.92 Å². The summed E-state index contributed by atoms with van der Waals surface area (Å²) in [5.74, 6) is -0.0238. The highest BCUT2D eigenvalue weighted by atomic mass is 16.2. The molecular weight excluding hydrogens is 252 g/mol. The highest BCUT2D eigenvalue weighted by Gasteiger charge is 2.17. The summed E-state index contributed by atoms with van der Waals surface area (Å²) in [5, 5.41) is 2.71. The Morgan fingerprint density at radius 3 is 2.45 bits per heavy atom. The van der Waals surface area contributed by atoms with Gasteiger partial charge in [0.15, 0.2) is 0 Å². The van der Waals surface area contributed by atoms with Gasteiger partial charge in [-0.2, -0.15) is 0 Å². The first-order valence-corrected chi connectivity index (χ1v) is 7.25. The second kappa shape index (κ2) is 7.08. The third kappa shape index (κ3) is 4.37.